The highest BCUT2D eigenvalue weighted by atomic mass is 14.9. The maximum atomic E-state index is 7.28. The first kappa shape index (κ1) is 12.4. The van der Waals surface area contributed by atoms with Gasteiger partial charge in [-0.25, -0.2) is 0 Å². The summed E-state index contributed by atoms with van der Waals surface area (Å²) in [6.45, 7) is 0.755. The predicted molar refractivity (Wildman–Crippen MR) is 76.1 cm³/mol. The van der Waals surface area contributed by atoms with Crippen molar-refractivity contribution in [2.24, 2.45) is 11.8 Å². The SMILES string of the molecule is N=CCNC1C2=C(CCC2)C[C@@H]2CCCCCC12. The second-order valence-corrected chi connectivity index (χ2v) is 6.34. The van der Waals surface area contributed by atoms with Gasteiger partial charge in [0.25, 0.3) is 0 Å². The summed E-state index contributed by atoms with van der Waals surface area (Å²) in [6, 6.07) is 0.612. The summed E-state index contributed by atoms with van der Waals surface area (Å²) in [7, 11) is 0. The molecule has 0 aromatic heterocycles. The molecule has 2 heteroatoms. The zero-order valence-corrected chi connectivity index (χ0v) is 11.4. The number of hydrogen-bond acceptors (Lipinski definition) is 2. The number of rotatable bonds is 3. The largest absolute Gasteiger partial charge is 0.312 e. The Morgan fingerprint density at radius 1 is 1.11 bits per heavy atom. The van der Waals surface area contributed by atoms with Gasteiger partial charge in [0.1, 0.15) is 0 Å². The molecule has 0 radical (unpaired) electrons. The number of fused-ring (bicyclic) bond motifs is 1. The Kier molecular flexibility index (Phi) is 3.83. The van der Waals surface area contributed by atoms with Crippen LogP contribution < -0.4 is 5.32 Å². The van der Waals surface area contributed by atoms with Crippen LogP contribution in [-0.2, 0) is 0 Å². The van der Waals surface area contributed by atoms with Gasteiger partial charge in [0.2, 0.25) is 0 Å². The van der Waals surface area contributed by atoms with E-state index < -0.39 is 0 Å². The normalized spacial score (nSPS) is 35.9. The second kappa shape index (κ2) is 5.56. The highest BCUT2D eigenvalue weighted by molar-refractivity contribution is 5.55. The minimum Gasteiger partial charge on any atom is -0.312 e. The van der Waals surface area contributed by atoms with Crippen molar-refractivity contribution >= 4 is 6.21 Å². The molecule has 3 aliphatic rings. The van der Waals surface area contributed by atoms with Crippen LogP contribution in [0.25, 0.3) is 0 Å². The molecule has 0 saturated heterocycles. The topological polar surface area (TPSA) is 35.9 Å². The van der Waals surface area contributed by atoms with Gasteiger partial charge in [-0.1, -0.05) is 30.4 Å². The molecule has 1 fully saturated rings. The summed E-state index contributed by atoms with van der Waals surface area (Å²) in [4.78, 5) is 0. The highest BCUT2D eigenvalue weighted by Gasteiger charge is 2.39. The molecule has 0 bridgehead atoms. The molecule has 0 spiro atoms. The lowest BCUT2D eigenvalue weighted by molar-refractivity contribution is 0.238. The summed E-state index contributed by atoms with van der Waals surface area (Å²) in [6.07, 6.45) is 14.2. The van der Waals surface area contributed by atoms with Crippen molar-refractivity contribution in [1.82, 2.24) is 5.32 Å². The maximum absolute atomic E-state index is 7.28. The van der Waals surface area contributed by atoms with Crippen LogP contribution >= 0.6 is 0 Å². The number of nitrogens with one attached hydrogen (secondary N) is 2. The third-order valence-electron chi connectivity index (χ3n) is 5.35. The van der Waals surface area contributed by atoms with Gasteiger partial charge < -0.3 is 10.7 Å². The van der Waals surface area contributed by atoms with Crippen LogP contribution in [0.2, 0.25) is 0 Å². The van der Waals surface area contributed by atoms with Crippen molar-refractivity contribution in [1.29, 1.82) is 5.41 Å². The van der Waals surface area contributed by atoms with Gasteiger partial charge in [0, 0.05) is 18.8 Å². The summed E-state index contributed by atoms with van der Waals surface area (Å²) in [5.74, 6) is 1.80. The van der Waals surface area contributed by atoms with E-state index in [9.17, 15) is 0 Å². The zero-order valence-electron chi connectivity index (χ0n) is 11.4. The first-order valence-corrected chi connectivity index (χ1v) is 7.83. The van der Waals surface area contributed by atoms with E-state index in [2.05, 4.69) is 5.32 Å². The highest BCUT2D eigenvalue weighted by Crippen LogP contribution is 2.47. The van der Waals surface area contributed by atoms with E-state index in [0.717, 1.165) is 18.4 Å². The molecule has 3 atom stereocenters. The molecule has 0 amide bonds. The van der Waals surface area contributed by atoms with Gasteiger partial charge in [-0.05, 0) is 50.4 Å². The third-order valence-corrected chi connectivity index (χ3v) is 5.35. The van der Waals surface area contributed by atoms with Gasteiger partial charge >= 0.3 is 0 Å². The number of hydrogen-bond donors (Lipinski definition) is 2. The quantitative estimate of drug-likeness (QED) is 0.578. The predicted octanol–water partition coefficient (Wildman–Crippen LogP) is 3.67. The smallest absolute Gasteiger partial charge is 0.0316 e. The Morgan fingerprint density at radius 2 is 2.00 bits per heavy atom. The summed E-state index contributed by atoms with van der Waals surface area (Å²) in [5, 5.41) is 11.0. The summed E-state index contributed by atoms with van der Waals surface area (Å²) < 4.78 is 0. The van der Waals surface area contributed by atoms with E-state index in [0.29, 0.717) is 6.04 Å². The van der Waals surface area contributed by atoms with Crippen molar-refractivity contribution in [3.8, 4) is 0 Å². The fourth-order valence-electron chi connectivity index (χ4n) is 4.58. The zero-order chi connectivity index (χ0) is 12.4. The molecule has 1 saturated carbocycles. The fourth-order valence-corrected chi connectivity index (χ4v) is 4.58. The Balaban J connectivity index is 1.83. The van der Waals surface area contributed by atoms with Crippen LogP contribution in [0, 0.1) is 17.2 Å². The lowest BCUT2D eigenvalue weighted by Crippen LogP contribution is -2.44. The van der Waals surface area contributed by atoms with E-state index in [1.807, 2.05) is 0 Å². The van der Waals surface area contributed by atoms with E-state index in [1.165, 1.54) is 64.0 Å². The molecular formula is C16H26N2. The van der Waals surface area contributed by atoms with Crippen molar-refractivity contribution in [2.75, 3.05) is 6.54 Å². The van der Waals surface area contributed by atoms with Gasteiger partial charge in [0.15, 0.2) is 0 Å². The second-order valence-electron chi connectivity index (χ2n) is 6.34. The maximum Gasteiger partial charge on any atom is 0.0316 e. The monoisotopic (exact) mass is 246 g/mol. The van der Waals surface area contributed by atoms with Crippen LogP contribution in [0.1, 0.15) is 57.8 Å². The molecule has 0 aromatic carbocycles. The van der Waals surface area contributed by atoms with Crippen LogP contribution in [0.15, 0.2) is 11.1 Å². The molecule has 0 aliphatic heterocycles. The van der Waals surface area contributed by atoms with Gasteiger partial charge in [0.05, 0.1) is 0 Å². The third kappa shape index (κ3) is 2.27. The van der Waals surface area contributed by atoms with Crippen molar-refractivity contribution < 1.29 is 0 Å². The number of allylic oxidation sites excluding steroid dienone is 1. The molecule has 0 aromatic rings. The van der Waals surface area contributed by atoms with Crippen molar-refractivity contribution in [3.63, 3.8) is 0 Å². The standard InChI is InChI=1S/C16H26N2/c17-9-10-18-16-14-7-3-1-2-5-12(14)11-13-6-4-8-15(13)16/h9,12,14,16-18H,1-8,10-11H2/t12-,14?,16?/m0/s1. The molecule has 2 unspecified atom stereocenters. The average molecular weight is 246 g/mol. The molecule has 18 heavy (non-hydrogen) atoms. The average Bonchev–Trinajstić information content (AvgIpc) is 2.72. The molecule has 0 heterocycles. The first-order valence-electron chi connectivity index (χ1n) is 7.83. The summed E-state index contributed by atoms with van der Waals surface area (Å²) >= 11 is 0. The minimum absolute atomic E-state index is 0.612. The van der Waals surface area contributed by atoms with Gasteiger partial charge in [-0.15, -0.1) is 0 Å². The van der Waals surface area contributed by atoms with Crippen LogP contribution in [0.5, 0.6) is 0 Å². The molecule has 3 rings (SSSR count). The van der Waals surface area contributed by atoms with E-state index >= 15 is 0 Å². The van der Waals surface area contributed by atoms with E-state index in [1.54, 1.807) is 11.1 Å². The van der Waals surface area contributed by atoms with Gasteiger partial charge in [-0.3, -0.25) is 0 Å². The Hall–Kier alpha value is -0.630. The molecule has 2 N–H and O–H groups in total. The minimum atomic E-state index is 0.612. The van der Waals surface area contributed by atoms with Crippen molar-refractivity contribution in [3.05, 3.63) is 11.1 Å². The van der Waals surface area contributed by atoms with Crippen LogP contribution in [0.3, 0.4) is 0 Å². The van der Waals surface area contributed by atoms with Gasteiger partial charge in [-0.2, -0.15) is 0 Å². The van der Waals surface area contributed by atoms with Crippen LogP contribution in [-0.4, -0.2) is 18.8 Å². The molecule has 2 nitrogen and oxygen atoms in total. The Bertz CT molecular complexity index is 345. The van der Waals surface area contributed by atoms with E-state index in [4.69, 9.17) is 5.41 Å². The van der Waals surface area contributed by atoms with E-state index in [-0.39, 0.29) is 0 Å². The lowest BCUT2D eigenvalue weighted by atomic mass is 9.71. The molecule has 3 aliphatic carbocycles. The Labute approximate surface area is 111 Å². The van der Waals surface area contributed by atoms with Crippen molar-refractivity contribution in [2.45, 2.75) is 63.8 Å². The first-order chi connectivity index (χ1) is 8.90. The molecular weight excluding hydrogens is 220 g/mol. The lowest BCUT2D eigenvalue weighted by Gasteiger charge is -2.39. The Morgan fingerprint density at radius 3 is 2.89 bits per heavy atom. The molecule has 100 valence electrons. The summed E-state index contributed by atoms with van der Waals surface area (Å²) in [5.41, 5.74) is 3.54. The van der Waals surface area contributed by atoms with Crippen LogP contribution in [0.4, 0.5) is 0 Å². The fraction of sp³-hybridized carbons (Fsp3) is 0.812.